The molecule has 0 spiro atoms. The Labute approximate surface area is 104 Å². The Morgan fingerprint density at radius 2 is 0.875 bits per heavy atom. The maximum Gasteiger partial charge on any atom is -0.0156 e. The number of hydrogen-bond donors (Lipinski definition) is 0. The van der Waals surface area contributed by atoms with Crippen molar-refractivity contribution in [2.45, 2.75) is 80.1 Å². The minimum absolute atomic E-state index is 0.827. The van der Waals surface area contributed by atoms with E-state index < -0.39 is 0 Å². The van der Waals surface area contributed by atoms with Gasteiger partial charge in [-0.15, -0.1) is 0 Å². The molecule has 0 fully saturated rings. The predicted octanol–water partition coefficient (Wildman–Crippen LogP) is 5.87. The Bertz CT molecular complexity index is 122. The zero-order valence-electron chi connectivity index (χ0n) is 12.5. The molecule has 0 heterocycles. The molecule has 0 aliphatic rings. The van der Waals surface area contributed by atoms with E-state index in [-0.39, 0.29) is 0 Å². The molecular weight excluding hydrogens is 192 g/mol. The largest absolute Gasteiger partial charge is 0.0654 e. The lowest BCUT2D eigenvalue weighted by molar-refractivity contribution is 0.324. The zero-order valence-corrected chi connectivity index (χ0v) is 12.5. The second-order valence-electron chi connectivity index (χ2n) is 5.57. The molecule has 16 heavy (non-hydrogen) atoms. The molecule has 0 bridgehead atoms. The molecule has 0 aromatic carbocycles. The predicted molar refractivity (Wildman–Crippen MR) is 75.5 cm³/mol. The lowest BCUT2D eigenvalue weighted by atomic mass is 9.71. The molecule has 0 aromatic rings. The van der Waals surface area contributed by atoms with Crippen molar-refractivity contribution in [2.24, 2.45) is 17.8 Å². The van der Waals surface area contributed by atoms with E-state index in [1.165, 1.54) is 38.5 Å². The molecule has 3 unspecified atom stereocenters. The van der Waals surface area contributed by atoms with Gasteiger partial charge in [-0.1, -0.05) is 80.1 Å². The molecule has 3 atom stereocenters. The third-order valence-corrected chi connectivity index (χ3v) is 3.87. The summed E-state index contributed by atoms with van der Waals surface area (Å²) in [6.07, 6.45) is 8.08. The van der Waals surface area contributed by atoms with Gasteiger partial charge in [-0.25, -0.2) is 0 Å². The second-order valence-corrected chi connectivity index (χ2v) is 5.57. The summed E-state index contributed by atoms with van der Waals surface area (Å²) in [6.45, 7) is 14.3. The van der Waals surface area contributed by atoms with Crippen LogP contribution in [0.5, 0.6) is 0 Å². The molecule has 0 saturated heterocycles. The Balaban J connectivity index is 4.47. The maximum atomic E-state index is 2.44. The third kappa shape index (κ3) is 5.37. The average Bonchev–Trinajstić information content (AvgIpc) is 2.19. The second kappa shape index (κ2) is 9.07. The van der Waals surface area contributed by atoms with Crippen molar-refractivity contribution < 1.29 is 0 Å². The average molecular weight is 225 g/mol. The fourth-order valence-corrected chi connectivity index (χ4v) is 3.26. The summed E-state index contributed by atoms with van der Waals surface area (Å²) in [4.78, 5) is 0. The summed E-state index contributed by atoms with van der Waals surface area (Å²) in [5.41, 5.74) is 0. The van der Waals surface area contributed by atoms with E-state index in [4.69, 9.17) is 0 Å². The smallest absolute Gasteiger partial charge is 0.0156 e. The first-order chi connectivity index (χ1) is 7.58. The number of hydrogen-bond acceptors (Lipinski definition) is 0. The number of rotatable bonds is 9. The van der Waals surface area contributed by atoms with Crippen LogP contribution in [-0.4, -0.2) is 0 Å². The zero-order chi connectivity index (χ0) is 12.6. The Morgan fingerprint density at radius 1 is 0.625 bits per heavy atom. The van der Waals surface area contributed by atoms with Gasteiger partial charge in [0.15, 0.2) is 0 Å². The highest BCUT2D eigenvalue weighted by atomic mass is 14.3. The van der Waals surface area contributed by atoms with Gasteiger partial charge < -0.3 is 0 Å². The van der Waals surface area contributed by atoms with Gasteiger partial charge in [-0.05, 0) is 23.7 Å². The van der Waals surface area contributed by atoms with Crippen molar-refractivity contribution in [2.75, 3.05) is 0 Å². The van der Waals surface area contributed by atoms with Crippen LogP contribution in [-0.2, 0) is 0 Å². The highest BCUT2D eigenvalue weighted by molar-refractivity contribution is 5.02. The van der Waals surface area contributed by atoms with Gasteiger partial charge in [0.1, 0.15) is 0 Å². The SMILES string of the molecule is CCCC(C)[C](C(C)CCC)C(C)CCC. The van der Waals surface area contributed by atoms with Gasteiger partial charge in [-0.2, -0.15) is 0 Å². The molecule has 0 saturated carbocycles. The van der Waals surface area contributed by atoms with Crippen molar-refractivity contribution in [3.63, 3.8) is 0 Å². The van der Waals surface area contributed by atoms with Gasteiger partial charge >= 0.3 is 0 Å². The van der Waals surface area contributed by atoms with E-state index in [1.54, 1.807) is 0 Å². The molecule has 0 N–H and O–H groups in total. The fourth-order valence-electron chi connectivity index (χ4n) is 3.26. The molecule has 0 aliphatic heterocycles. The van der Waals surface area contributed by atoms with Crippen molar-refractivity contribution in [1.29, 1.82) is 0 Å². The molecular formula is C16H33. The molecule has 0 amide bonds. The van der Waals surface area contributed by atoms with Crippen LogP contribution >= 0.6 is 0 Å². The highest BCUT2D eigenvalue weighted by Gasteiger charge is 2.27. The maximum absolute atomic E-state index is 2.44. The molecule has 0 aliphatic carbocycles. The van der Waals surface area contributed by atoms with Gasteiger partial charge in [0.05, 0.1) is 0 Å². The standard InChI is InChI=1S/C16H33/c1-7-10-13(4)16(14(5)11-8-2)15(6)12-9-3/h13-15H,7-12H2,1-6H3. The van der Waals surface area contributed by atoms with E-state index in [2.05, 4.69) is 41.5 Å². The Morgan fingerprint density at radius 3 is 1.06 bits per heavy atom. The van der Waals surface area contributed by atoms with Crippen LogP contribution in [0.2, 0.25) is 0 Å². The third-order valence-electron chi connectivity index (χ3n) is 3.87. The summed E-state index contributed by atoms with van der Waals surface area (Å²) in [6, 6.07) is 0. The van der Waals surface area contributed by atoms with Crippen molar-refractivity contribution in [3.8, 4) is 0 Å². The van der Waals surface area contributed by atoms with E-state index in [0.717, 1.165) is 17.8 Å². The van der Waals surface area contributed by atoms with Crippen LogP contribution in [0.4, 0.5) is 0 Å². The van der Waals surface area contributed by atoms with Crippen LogP contribution < -0.4 is 0 Å². The minimum atomic E-state index is 0.827. The lowest BCUT2D eigenvalue weighted by Crippen LogP contribution is -2.24. The first kappa shape index (κ1) is 16.0. The van der Waals surface area contributed by atoms with Crippen molar-refractivity contribution in [1.82, 2.24) is 0 Å². The Kier molecular flexibility index (Phi) is 9.07. The van der Waals surface area contributed by atoms with Crippen LogP contribution in [0.1, 0.15) is 80.1 Å². The molecule has 0 nitrogen and oxygen atoms in total. The summed E-state index contributed by atoms with van der Waals surface area (Å²) < 4.78 is 0. The van der Waals surface area contributed by atoms with E-state index in [1.807, 2.05) is 5.92 Å². The normalized spacial score (nSPS) is 17.4. The van der Waals surface area contributed by atoms with Gasteiger partial charge in [-0.3, -0.25) is 0 Å². The van der Waals surface area contributed by atoms with Gasteiger partial charge in [0.2, 0.25) is 0 Å². The van der Waals surface area contributed by atoms with Crippen LogP contribution in [0, 0.1) is 23.7 Å². The van der Waals surface area contributed by atoms with E-state index >= 15 is 0 Å². The summed E-state index contributed by atoms with van der Waals surface area (Å²) in [5.74, 6) is 4.33. The molecule has 0 heteroatoms. The lowest BCUT2D eigenvalue weighted by Gasteiger charge is -2.34. The Hall–Kier alpha value is 0. The first-order valence-electron chi connectivity index (χ1n) is 7.44. The summed E-state index contributed by atoms with van der Waals surface area (Å²) in [7, 11) is 0. The molecule has 97 valence electrons. The van der Waals surface area contributed by atoms with Crippen molar-refractivity contribution in [3.05, 3.63) is 5.92 Å². The van der Waals surface area contributed by atoms with Crippen LogP contribution in [0.25, 0.3) is 0 Å². The molecule has 0 rings (SSSR count). The highest BCUT2D eigenvalue weighted by Crippen LogP contribution is 2.37. The molecule has 0 aromatic heterocycles. The van der Waals surface area contributed by atoms with Crippen LogP contribution in [0.3, 0.4) is 0 Å². The van der Waals surface area contributed by atoms with E-state index in [0.29, 0.717) is 0 Å². The van der Waals surface area contributed by atoms with E-state index in [9.17, 15) is 0 Å². The fraction of sp³-hybridized carbons (Fsp3) is 0.938. The summed E-state index contributed by atoms with van der Waals surface area (Å²) >= 11 is 0. The van der Waals surface area contributed by atoms with Gasteiger partial charge in [0.25, 0.3) is 0 Å². The monoisotopic (exact) mass is 225 g/mol. The quantitative estimate of drug-likeness (QED) is 0.460. The summed E-state index contributed by atoms with van der Waals surface area (Å²) in [5, 5.41) is 0. The van der Waals surface area contributed by atoms with Crippen LogP contribution in [0.15, 0.2) is 0 Å². The first-order valence-corrected chi connectivity index (χ1v) is 7.44. The minimum Gasteiger partial charge on any atom is -0.0654 e. The molecule has 1 radical (unpaired) electrons. The topological polar surface area (TPSA) is 0 Å². The van der Waals surface area contributed by atoms with Gasteiger partial charge in [0, 0.05) is 0 Å². The van der Waals surface area contributed by atoms with Crippen molar-refractivity contribution >= 4 is 0 Å².